The predicted molar refractivity (Wildman–Crippen MR) is 74.2 cm³/mol. The van der Waals surface area contributed by atoms with Crippen LogP contribution in [0.3, 0.4) is 0 Å². The van der Waals surface area contributed by atoms with Crippen LogP contribution >= 0.6 is 0 Å². The summed E-state index contributed by atoms with van der Waals surface area (Å²) in [5.41, 5.74) is 0.470. The predicted octanol–water partition coefficient (Wildman–Crippen LogP) is 1.58. The maximum absolute atomic E-state index is 11.1. The lowest BCUT2D eigenvalue weighted by molar-refractivity contribution is -0.138. The Morgan fingerprint density at radius 2 is 2.14 bits per heavy atom. The topological polar surface area (TPSA) is 107 Å². The van der Waals surface area contributed by atoms with Crippen molar-refractivity contribution >= 4 is 5.97 Å². The summed E-state index contributed by atoms with van der Waals surface area (Å²) in [6.07, 6.45) is 5.25. The number of tetrazole rings is 1. The molecule has 0 aliphatic heterocycles. The number of hydrogen-bond donors (Lipinski definition) is 1. The van der Waals surface area contributed by atoms with E-state index in [0.717, 1.165) is 0 Å². The fourth-order valence-electron chi connectivity index (χ4n) is 2.18. The van der Waals surface area contributed by atoms with Crippen LogP contribution in [0.1, 0.15) is 39.7 Å². The molecule has 0 bridgehead atoms. The molecule has 0 saturated carbocycles. The number of aliphatic carboxylic acids is 1. The maximum Gasteiger partial charge on any atom is 0.305 e. The van der Waals surface area contributed by atoms with Gasteiger partial charge in [-0.3, -0.25) is 9.78 Å². The van der Waals surface area contributed by atoms with Crippen molar-refractivity contribution in [3.05, 3.63) is 18.6 Å². The van der Waals surface area contributed by atoms with Gasteiger partial charge in [-0.05, 0) is 22.3 Å². The van der Waals surface area contributed by atoms with E-state index in [4.69, 9.17) is 5.11 Å². The van der Waals surface area contributed by atoms with Crippen molar-refractivity contribution in [3.63, 3.8) is 0 Å². The Kier molecular flexibility index (Phi) is 4.25. The van der Waals surface area contributed by atoms with Gasteiger partial charge in [-0.2, -0.15) is 0 Å². The van der Waals surface area contributed by atoms with Gasteiger partial charge in [-0.15, -0.1) is 5.10 Å². The molecular formula is C13H18N6O2. The minimum absolute atomic E-state index is 0.0461. The van der Waals surface area contributed by atoms with Crippen molar-refractivity contribution in [1.29, 1.82) is 0 Å². The summed E-state index contributed by atoms with van der Waals surface area (Å²) < 4.78 is 1.53. The molecule has 0 aliphatic rings. The lowest BCUT2D eigenvalue weighted by atomic mass is 9.87. The Morgan fingerprint density at radius 3 is 2.71 bits per heavy atom. The average Bonchev–Trinajstić information content (AvgIpc) is 2.86. The summed E-state index contributed by atoms with van der Waals surface area (Å²) in [5, 5.41) is 20.7. The molecular weight excluding hydrogens is 272 g/mol. The van der Waals surface area contributed by atoms with Gasteiger partial charge in [0, 0.05) is 12.4 Å². The lowest BCUT2D eigenvalue weighted by Gasteiger charge is -2.25. The number of nitrogens with zero attached hydrogens (tertiary/aromatic N) is 6. The van der Waals surface area contributed by atoms with E-state index >= 15 is 0 Å². The van der Waals surface area contributed by atoms with Crippen LogP contribution in [0.4, 0.5) is 0 Å². The van der Waals surface area contributed by atoms with Gasteiger partial charge < -0.3 is 5.11 Å². The van der Waals surface area contributed by atoms with Crippen LogP contribution in [0.15, 0.2) is 18.6 Å². The van der Waals surface area contributed by atoms with Crippen LogP contribution < -0.4 is 0 Å². The van der Waals surface area contributed by atoms with Crippen molar-refractivity contribution in [2.24, 2.45) is 5.41 Å². The molecule has 21 heavy (non-hydrogen) atoms. The summed E-state index contributed by atoms with van der Waals surface area (Å²) >= 11 is 0. The van der Waals surface area contributed by atoms with Crippen LogP contribution in [0.5, 0.6) is 0 Å². The van der Waals surface area contributed by atoms with Crippen molar-refractivity contribution in [2.75, 3.05) is 0 Å². The minimum Gasteiger partial charge on any atom is -0.481 e. The Labute approximate surface area is 122 Å². The molecule has 0 saturated heterocycles. The summed E-state index contributed by atoms with van der Waals surface area (Å²) in [6.45, 7) is 6.15. The SMILES string of the molecule is CC(C)(C)CC(CC(=O)O)n1nnnc1-c1cnccn1. The molecule has 2 heterocycles. The molecule has 0 aromatic carbocycles. The summed E-state index contributed by atoms with van der Waals surface area (Å²) in [7, 11) is 0. The summed E-state index contributed by atoms with van der Waals surface area (Å²) in [5.74, 6) is -0.455. The fourth-order valence-corrected chi connectivity index (χ4v) is 2.18. The van der Waals surface area contributed by atoms with Crippen molar-refractivity contribution in [3.8, 4) is 11.5 Å². The molecule has 2 aromatic rings. The van der Waals surface area contributed by atoms with Crippen LogP contribution in [0, 0.1) is 5.41 Å². The first-order chi connectivity index (χ1) is 9.87. The second kappa shape index (κ2) is 5.94. The minimum atomic E-state index is -0.884. The number of carboxylic acids is 1. The molecule has 0 amide bonds. The first-order valence-corrected chi connectivity index (χ1v) is 6.63. The lowest BCUT2D eigenvalue weighted by Crippen LogP contribution is -2.22. The third-order valence-corrected chi connectivity index (χ3v) is 2.89. The Morgan fingerprint density at radius 1 is 1.38 bits per heavy atom. The van der Waals surface area contributed by atoms with E-state index in [2.05, 4.69) is 25.5 Å². The molecule has 1 N–H and O–H groups in total. The van der Waals surface area contributed by atoms with Crippen LogP contribution in [0.2, 0.25) is 0 Å². The number of carbonyl (C=O) groups is 1. The molecule has 2 aromatic heterocycles. The zero-order chi connectivity index (χ0) is 15.5. The highest BCUT2D eigenvalue weighted by Crippen LogP contribution is 2.31. The van der Waals surface area contributed by atoms with Crippen molar-refractivity contribution < 1.29 is 9.90 Å². The van der Waals surface area contributed by atoms with Gasteiger partial charge in [0.2, 0.25) is 5.82 Å². The zero-order valence-corrected chi connectivity index (χ0v) is 12.3. The Hall–Kier alpha value is -2.38. The number of hydrogen-bond acceptors (Lipinski definition) is 6. The molecule has 112 valence electrons. The smallest absolute Gasteiger partial charge is 0.305 e. The monoisotopic (exact) mass is 290 g/mol. The second-order valence-electron chi connectivity index (χ2n) is 6.05. The summed E-state index contributed by atoms with van der Waals surface area (Å²) in [6, 6.07) is -0.338. The average molecular weight is 290 g/mol. The first kappa shape index (κ1) is 15.0. The molecule has 1 unspecified atom stereocenters. The second-order valence-corrected chi connectivity index (χ2v) is 6.05. The normalized spacial score (nSPS) is 13.1. The van der Waals surface area contributed by atoms with E-state index < -0.39 is 5.97 Å². The molecule has 2 rings (SSSR count). The first-order valence-electron chi connectivity index (χ1n) is 6.63. The van der Waals surface area contributed by atoms with Gasteiger partial charge in [0.15, 0.2) is 0 Å². The van der Waals surface area contributed by atoms with E-state index in [1.54, 1.807) is 18.6 Å². The number of rotatable bonds is 5. The molecule has 8 nitrogen and oxygen atoms in total. The molecule has 8 heteroatoms. The van der Waals surface area contributed by atoms with Gasteiger partial charge in [0.25, 0.3) is 0 Å². The molecule has 0 aliphatic carbocycles. The van der Waals surface area contributed by atoms with Gasteiger partial charge >= 0.3 is 5.97 Å². The van der Waals surface area contributed by atoms with E-state index in [9.17, 15) is 4.79 Å². The summed E-state index contributed by atoms with van der Waals surface area (Å²) in [4.78, 5) is 19.3. The van der Waals surface area contributed by atoms with E-state index in [1.165, 1.54) is 4.68 Å². The van der Waals surface area contributed by atoms with Crippen LogP contribution in [-0.2, 0) is 4.79 Å². The highest BCUT2D eigenvalue weighted by molar-refractivity contribution is 5.67. The van der Waals surface area contributed by atoms with Crippen molar-refractivity contribution in [2.45, 2.75) is 39.7 Å². The van der Waals surface area contributed by atoms with Gasteiger partial charge in [-0.1, -0.05) is 20.8 Å². The van der Waals surface area contributed by atoms with Crippen molar-refractivity contribution in [1.82, 2.24) is 30.2 Å². The van der Waals surface area contributed by atoms with Crippen LogP contribution in [-0.4, -0.2) is 41.3 Å². The Balaban J connectivity index is 2.37. The van der Waals surface area contributed by atoms with E-state index in [-0.39, 0.29) is 17.9 Å². The zero-order valence-electron chi connectivity index (χ0n) is 12.3. The quantitative estimate of drug-likeness (QED) is 0.890. The third-order valence-electron chi connectivity index (χ3n) is 2.89. The van der Waals surface area contributed by atoms with Gasteiger partial charge in [0.05, 0.1) is 18.7 Å². The van der Waals surface area contributed by atoms with Gasteiger partial charge in [-0.25, -0.2) is 9.67 Å². The van der Waals surface area contributed by atoms with Crippen LogP contribution in [0.25, 0.3) is 11.5 Å². The maximum atomic E-state index is 11.1. The third kappa shape index (κ3) is 4.04. The van der Waals surface area contributed by atoms with Gasteiger partial charge in [0.1, 0.15) is 5.69 Å². The van der Waals surface area contributed by atoms with E-state index in [1.807, 2.05) is 20.8 Å². The highest BCUT2D eigenvalue weighted by atomic mass is 16.4. The Bertz CT molecular complexity index is 605. The highest BCUT2D eigenvalue weighted by Gasteiger charge is 2.26. The molecule has 0 fully saturated rings. The molecule has 0 radical (unpaired) electrons. The fraction of sp³-hybridized carbons (Fsp3) is 0.538. The largest absolute Gasteiger partial charge is 0.481 e. The number of aromatic nitrogens is 6. The molecule has 0 spiro atoms. The molecule has 1 atom stereocenters. The standard InChI is InChI=1S/C13H18N6O2/c1-13(2,3)7-9(6-11(20)21)19-12(16-17-18-19)10-8-14-4-5-15-10/h4-5,8-9H,6-7H2,1-3H3,(H,20,21). The number of carboxylic acid groups (broad SMARTS) is 1. The van der Waals surface area contributed by atoms with E-state index in [0.29, 0.717) is 17.9 Å².